The number of H-pyrrole nitrogens is 1. The Morgan fingerprint density at radius 3 is 2.83 bits per heavy atom. The summed E-state index contributed by atoms with van der Waals surface area (Å²) in [5.41, 5.74) is 2.53. The number of nitrogens with zero attached hydrogens (tertiary/aromatic N) is 1. The minimum atomic E-state index is 0.0324. The van der Waals surface area contributed by atoms with Crippen molar-refractivity contribution in [1.29, 1.82) is 0 Å². The van der Waals surface area contributed by atoms with Crippen molar-refractivity contribution in [3.63, 3.8) is 0 Å². The molecule has 3 nitrogen and oxygen atoms in total. The van der Waals surface area contributed by atoms with Gasteiger partial charge in [-0.25, -0.2) is 4.98 Å². The van der Waals surface area contributed by atoms with Crippen LogP contribution in [0.1, 0.15) is 35.3 Å². The Labute approximate surface area is 143 Å². The van der Waals surface area contributed by atoms with Gasteiger partial charge in [0, 0.05) is 10.6 Å². The SMILES string of the molecule is O=c1[nH]c(SCc2ccccc2)nc2sc3c(c12)CCCCC3. The van der Waals surface area contributed by atoms with Crippen LogP contribution in [-0.4, -0.2) is 9.97 Å². The van der Waals surface area contributed by atoms with Crippen LogP contribution in [-0.2, 0) is 18.6 Å². The van der Waals surface area contributed by atoms with Gasteiger partial charge in [0.05, 0.1) is 5.39 Å². The van der Waals surface area contributed by atoms with E-state index in [0.29, 0.717) is 0 Å². The van der Waals surface area contributed by atoms with E-state index in [1.165, 1.54) is 35.3 Å². The van der Waals surface area contributed by atoms with Gasteiger partial charge in [0.2, 0.25) is 0 Å². The third-order valence-electron chi connectivity index (χ3n) is 4.27. The van der Waals surface area contributed by atoms with Gasteiger partial charge in [-0.05, 0) is 36.8 Å². The molecule has 0 bridgehead atoms. The van der Waals surface area contributed by atoms with Crippen LogP contribution in [0.3, 0.4) is 0 Å². The summed E-state index contributed by atoms with van der Waals surface area (Å²) in [5.74, 6) is 0.820. The number of aromatic amines is 1. The smallest absolute Gasteiger partial charge is 0.260 e. The van der Waals surface area contributed by atoms with Gasteiger partial charge in [0.25, 0.3) is 5.56 Å². The number of hydrogen-bond donors (Lipinski definition) is 1. The Kier molecular flexibility index (Phi) is 4.23. The summed E-state index contributed by atoms with van der Waals surface area (Å²) < 4.78 is 0. The summed E-state index contributed by atoms with van der Waals surface area (Å²) in [6.45, 7) is 0. The average Bonchev–Trinajstić information content (AvgIpc) is 2.76. The summed E-state index contributed by atoms with van der Waals surface area (Å²) in [4.78, 5) is 22.5. The molecular formula is C18H18N2OS2. The lowest BCUT2D eigenvalue weighted by molar-refractivity contribution is 0.713. The number of rotatable bonds is 3. The fourth-order valence-corrected chi connectivity index (χ4v) is 5.25. The monoisotopic (exact) mass is 342 g/mol. The van der Waals surface area contributed by atoms with Crippen molar-refractivity contribution < 1.29 is 0 Å². The van der Waals surface area contributed by atoms with Crippen LogP contribution in [0.25, 0.3) is 10.2 Å². The molecule has 1 aliphatic carbocycles. The summed E-state index contributed by atoms with van der Waals surface area (Å²) in [6, 6.07) is 10.3. The van der Waals surface area contributed by atoms with Crippen LogP contribution in [0.4, 0.5) is 0 Å². The maximum atomic E-state index is 12.6. The standard InChI is InChI=1S/C18H18N2OS2/c21-16-15-13-9-5-2-6-10-14(13)23-17(15)20-18(19-16)22-11-12-7-3-1-4-8-12/h1,3-4,7-8H,2,5-6,9-11H2,(H,19,20,21). The molecule has 5 heteroatoms. The van der Waals surface area contributed by atoms with Gasteiger partial charge >= 0.3 is 0 Å². The van der Waals surface area contributed by atoms with Crippen LogP contribution >= 0.6 is 23.1 Å². The first-order chi connectivity index (χ1) is 11.3. The van der Waals surface area contributed by atoms with Crippen LogP contribution < -0.4 is 5.56 Å². The van der Waals surface area contributed by atoms with Crippen molar-refractivity contribution in [2.24, 2.45) is 0 Å². The second-order valence-electron chi connectivity index (χ2n) is 5.89. The minimum Gasteiger partial charge on any atom is -0.301 e. The summed E-state index contributed by atoms with van der Waals surface area (Å²) in [5, 5.41) is 1.57. The number of aryl methyl sites for hydroxylation is 2. The van der Waals surface area contributed by atoms with Gasteiger partial charge in [-0.2, -0.15) is 0 Å². The first-order valence-corrected chi connectivity index (χ1v) is 9.83. The zero-order valence-electron chi connectivity index (χ0n) is 12.8. The molecule has 0 atom stereocenters. The Bertz CT molecular complexity index is 883. The topological polar surface area (TPSA) is 45.8 Å². The predicted octanol–water partition coefficient (Wildman–Crippen LogP) is 4.55. The van der Waals surface area contributed by atoms with E-state index in [1.807, 2.05) is 18.2 Å². The maximum Gasteiger partial charge on any atom is 0.260 e. The van der Waals surface area contributed by atoms with Crippen molar-refractivity contribution in [2.75, 3.05) is 0 Å². The van der Waals surface area contributed by atoms with Crippen LogP contribution in [0.5, 0.6) is 0 Å². The maximum absolute atomic E-state index is 12.6. The Morgan fingerprint density at radius 2 is 1.96 bits per heavy atom. The molecule has 0 saturated heterocycles. The third kappa shape index (κ3) is 3.08. The molecule has 23 heavy (non-hydrogen) atoms. The lowest BCUT2D eigenvalue weighted by Crippen LogP contribution is -2.09. The lowest BCUT2D eigenvalue weighted by atomic mass is 10.1. The fraction of sp³-hybridized carbons (Fsp3) is 0.333. The van der Waals surface area contributed by atoms with E-state index in [0.717, 1.165) is 34.0 Å². The lowest BCUT2D eigenvalue weighted by Gasteiger charge is -2.02. The van der Waals surface area contributed by atoms with Gasteiger partial charge < -0.3 is 4.98 Å². The highest BCUT2D eigenvalue weighted by Gasteiger charge is 2.18. The Balaban J connectivity index is 1.66. The van der Waals surface area contributed by atoms with Gasteiger partial charge in [-0.1, -0.05) is 48.5 Å². The molecule has 0 fully saturated rings. The van der Waals surface area contributed by atoms with Crippen molar-refractivity contribution >= 4 is 33.3 Å². The van der Waals surface area contributed by atoms with Gasteiger partial charge in [0.1, 0.15) is 4.83 Å². The van der Waals surface area contributed by atoms with E-state index in [4.69, 9.17) is 4.98 Å². The normalized spacial score (nSPS) is 14.6. The van der Waals surface area contributed by atoms with Gasteiger partial charge in [-0.15, -0.1) is 11.3 Å². The Hall–Kier alpha value is -1.59. The number of benzene rings is 1. The predicted molar refractivity (Wildman–Crippen MR) is 97.5 cm³/mol. The molecule has 0 saturated carbocycles. The molecule has 1 aromatic carbocycles. The average molecular weight is 342 g/mol. The molecular weight excluding hydrogens is 324 g/mol. The molecule has 2 aromatic heterocycles. The van der Waals surface area contributed by atoms with E-state index in [2.05, 4.69) is 17.1 Å². The number of nitrogens with one attached hydrogen (secondary N) is 1. The highest BCUT2D eigenvalue weighted by Crippen LogP contribution is 2.33. The molecule has 1 aliphatic rings. The van der Waals surface area contributed by atoms with E-state index >= 15 is 0 Å². The number of thiophene rings is 1. The second kappa shape index (κ2) is 6.49. The van der Waals surface area contributed by atoms with Crippen LogP contribution in [0.15, 0.2) is 40.3 Å². The third-order valence-corrected chi connectivity index (χ3v) is 6.40. The Morgan fingerprint density at radius 1 is 1.13 bits per heavy atom. The van der Waals surface area contributed by atoms with Crippen LogP contribution in [0.2, 0.25) is 0 Å². The van der Waals surface area contributed by atoms with Crippen LogP contribution in [0, 0.1) is 0 Å². The van der Waals surface area contributed by atoms with Crippen molar-refractivity contribution in [2.45, 2.75) is 43.0 Å². The minimum absolute atomic E-state index is 0.0324. The molecule has 118 valence electrons. The summed E-state index contributed by atoms with van der Waals surface area (Å²) >= 11 is 3.31. The zero-order valence-corrected chi connectivity index (χ0v) is 14.4. The molecule has 3 aromatic rings. The van der Waals surface area contributed by atoms with Crippen molar-refractivity contribution in [3.05, 3.63) is 56.7 Å². The zero-order chi connectivity index (χ0) is 15.6. The molecule has 0 spiro atoms. The molecule has 0 unspecified atom stereocenters. The molecule has 0 radical (unpaired) electrons. The van der Waals surface area contributed by atoms with Crippen molar-refractivity contribution in [3.8, 4) is 0 Å². The molecule has 2 heterocycles. The first-order valence-electron chi connectivity index (χ1n) is 8.02. The number of hydrogen-bond acceptors (Lipinski definition) is 4. The highest BCUT2D eigenvalue weighted by molar-refractivity contribution is 7.98. The molecule has 0 amide bonds. The van der Waals surface area contributed by atoms with E-state index in [9.17, 15) is 4.79 Å². The molecule has 0 aliphatic heterocycles. The number of thioether (sulfide) groups is 1. The molecule has 1 N–H and O–H groups in total. The van der Waals surface area contributed by atoms with Gasteiger partial charge in [0.15, 0.2) is 5.16 Å². The highest BCUT2D eigenvalue weighted by atomic mass is 32.2. The largest absolute Gasteiger partial charge is 0.301 e. The number of fused-ring (bicyclic) bond motifs is 3. The van der Waals surface area contributed by atoms with E-state index < -0.39 is 0 Å². The second-order valence-corrected chi connectivity index (χ2v) is 7.94. The van der Waals surface area contributed by atoms with E-state index in [1.54, 1.807) is 23.1 Å². The fourth-order valence-electron chi connectivity index (χ4n) is 3.12. The quantitative estimate of drug-likeness (QED) is 0.432. The number of aromatic nitrogens is 2. The molecule has 4 rings (SSSR count). The first kappa shape index (κ1) is 15.0. The van der Waals surface area contributed by atoms with Crippen molar-refractivity contribution in [1.82, 2.24) is 9.97 Å². The van der Waals surface area contributed by atoms with E-state index in [-0.39, 0.29) is 5.56 Å². The van der Waals surface area contributed by atoms with Gasteiger partial charge in [-0.3, -0.25) is 4.79 Å². The summed E-state index contributed by atoms with van der Waals surface area (Å²) in [7, 11) is 0. The summed E-state index contributed by atoms with van der Waals surface area (Å²) in [6.07, 6.45) is 5.80.